The van der Waals surface area contributed by atoms with Gasteiger partial charge in [0.25, 0.3) is 5.91 Å². The maximum absolute atomic E-state index is 12.1. The minimum absolute atomic E-state index is 0.142. The molecule has 2 aromatic rings. The molecule has 0 atom stereocenters. The van der Waals surface area contributed by atoms with Crippen molar-refractivity contribution in [1.82, 2.24) is 15.2 Å². The van der Waals surface area contributed by atoms with Crippen LogP contribution in [-0.2, 0) is 0 Å². The number of carbonyl (C=O) groups is 1. The lowest BCUT2D eigenvalue weighted by molar-refractivity contribution is 0.102. The fraction of sp³-hybridized carbons (Fsp3) is 0.143. The van der Waals surface area contributed by atoms with Gasteiger partial charge in [0.15, 0.2) is 0 Å². The number of amides is 1. The van der Waals surface area contributed by atoms with E-state index in [9.17, 15) is 4.79 Å². The van der Waals surface area contributed by atoms with Crippen LogP contribution in [0.2, 0.25) is 0 Å². The van der Waals surface area contributed by atoms with E-state index in [4.69, 9.17) is 5.11 Å². The van der Waals surface area contributed by atoms with Crippen molar-refractivity contribution in [2.45, 2.75) is 6.92 Å². The molecule has 0 radical (unpaired) electrons. The second-order valence-electron chi connectivity index (χ2n) is 3.91. The molecular formula is C14H12N4O2. The van der Waals surface area contributed by atoms with Gasteiger partial charge in [-0.1, -0.05) is 17.9 Å². The quantitative estimate of drug-likeness (QED) is 0.786. The van der Waals surface area contributed by atoms with Gasteiger partial charge in [-0.3, -0.25) is 10.1 Å². The summed E-state index contributed by atoms with van der Waals surface area (Å²) in [6.45, 7) is 1.60. The monoisotopic (exact) mass is 268 g/mol. The van der Waals surface area contributed by atoms with Crippen molar-refractivity contribution in [2.24, 2.45) is 0 Å². The van der Waals surface area contributed by atoms with Crippen molar-refractivity contribution in [3.63, 3.8) is 0 Å². The Kier molecular flexibility index (Phi) is 4.37. The lowest BCUT2D eigenvalue weighted by atomic mass is 10.0. The van der Waals surface area contributed by atoms with Crippen LogP contribution >= 0.6 is 0 Å². The van der Waals surface area contributed by atoms with Crippen LogP contribution in [0.3, 0.4) is 0 Å². The van der Waals surface area contributed by atoms with Crippen LogP contribution in [0.5, 0.6) is 0 Å². The molecule has 6 nitrogen and oxygen atoms in total. The number of nitrogens with one attached hydrogen (secondary N) is 1. The molecule has 6 heteroatoms. The van der Waals surface area contributed by atoms with Gasteiger partial charge >= 0.3 is 0 Å². The zero-order chi connectivity index (χ0) is 14.4. The Morgan fingerprint density at radius 3 is 2.95 bits per heavy atom. The van der Waals surface area contributed by atoms with Crippen LogP contribution in [0.4, 0.5) is 5.95 Å². The number of rotatable bonds is 2. The molecule has 1 amide bonds. The van der Waals surface area contributed by atoms with Gasteiger partial charge in [0.1, 0.15) is 6.61 Å². The molecule has 20 heavy (non-hydrogen) atoms. The van der Waals surface area contributed by atoms with Crippen LogP contribution in [0.25, 0.3) is 0 Å². The second-order valence-corrected chi connectivity index (χ2v) is 3.91. The molecule has 1 heterocycles. The molecule has 1 aromatic heterocycles. The van der Waals surface area contributed by atoms with E-state index in [1.807, 2.05) is 6.92 Å². The van der Waals surface area contributed by atoms with Gasteiger partial charge in [0.05, 0.1) is 12.4 Å². The fourth-order valence-corrected chi connectivity index (χ4v) is 1.56. The predicted molar refractivity (Wildman–Crippen MR) is 72.9 cm³/mol. The van der Waals surface area contributed by atoms with Gasteiger partial charge in [0.2, 0.25) is 5.95 Å². The number of aliphatic hydroxyl groups excluding tert-OH is 1. The molecule has 0 saturated heterocycles. The average molecular weight is 268 g/mol. The SMILES string of the molecule is Cc1ccc(C#CCO)cc1C(=O)Nc1nccnn1. The largest absolute Gasteiger partial charge is 0.384 e. The van der Waals surface area contributed by atoms with Gasteiger partial charge in [-0.2, -0.15) is 5.10 Å². The summed E-state index contributed by atoms with van der Waals surface area (Å²) in [5, 5.41) is 18.6. The van der Waals surface area contributed by atoms with E-state index in [0.717, 1.165) is 5.56 Å². The number of carbonyl (C=O) groups excluding carboxylic acids is 1. The number of benzene rings is 1. The maximum atomic E-state index is 12.1. The lowest BCUT2D eigenvalue weighted by Crippen LogP contribution is -2.15. The summed E-state index contributed by atoms with van der Waals surface area (Å²) in [6.07, 6.45) is 2.87. The highest BCUT2D eigenvalue weighted by molar-refractivity contribution is 6.04. The van der Waals surface area contributed by atoms with Gasteiger partial charge in [0, 0.05) is 11.1 Å². The zero-order valence-electron chi connectivity index (χ0n) is 10.8. The van der Waals surface area contributed by atoms with Gasteiger partial charge in [-0.25, -0.2) is 4.98 Å². The number of aliphatic hydroxyl groups is 1. The summed E-state index contributed by atoms with van der Waals surface area (Å²) in [4.78, 5) is 16.0. The summed E-state index contributed by atoms with van der Waals surface area (Å²) in [5.41, 5.74) is 1.94. The van der Waals surface area contributed by atoms with Crippen LogP contribution in [0, 0.1) is 18.8 Å². The van der Waals surface area contributed by atoms with Gasteiger partial charge < -0.3 is 5.11 Å². The third kappa shape index (κ3) is 3.37. The first-order valence-corrected chi connectivity index (χ1v) is 5.86. The maximum Gasteiger partial charge on any atom is 0.258 e. The normalized spacial score (nSPS) is 9.50. The standard InChI is InChI=1S/C14H12N4O2/c1-10-4-5-11(3-2-8-19)9-12(10)13(20)17-14-15-6-7-16-18-14/h4-7,9,19H,8H2,1H3,(H,15,17,18,20). The Morgan fingerprint density at radius 1 is 1.40 bits per heavy atom. The van der Waals surface area contributed by atoms with E-state index in [1.54, 1.807) is 18.2 Å². The van der Waals surface area contributed by atoms with Crippen molar-refractivity contribution in [2.75, 3.05) is 11.9 Å². The molecule has 100 valence electrons. The summed E-state index contributed by atoms with van der Waals surface area (Å²) in [6, 6.07) is 5.24. The zero-order valence-corrected chi connectivity index (χ0v) is 10.8. The third-order valence-electron chi connectivity index (χ3n) is 2.50. The fourth-order valence-electron chi connectivity index (χ4n) is 1.56. The Labute approximate surface area is 115 Å². The van der Waals surface area contributed by atoms with Gasteiger partial charge in [-0.05, 0) is 24.6 Å². The Hall–Kier alpha value is -2.78. The van der Waals surface area contributed by atoms with Crippen LogP contribution in [0.15, 0.2) is 30.6 Å². The third-order valence-corrected chi connectivity index (χ3v) is 2.50. The van der Waals surface area contributed by atoms with Crippen LogP contribution < -0.4 is 5.32 Å². The Balaban J connectivity index is 2.25. The van der Waals surface area contributed by atoms with Gasteiger partial charge in [-0.15, -0.1) is 5.10 Å². The highest BCUT2D eigenvalue weighted by atomic mass is 16.2. The number of aryl methyl sites for hydroxylation is 1. The number of aromatic nitrogens is 3. The van der Waals surface area contributed by atoms with Crippen molar-refractivity contribution < 1.29 is 9.90 Å². The molecule has 0 aliphatic rings. The van der Waals surface area contributed by atoms with E-state index in [2.05, 4.69) is 32.3 Å². The highest BCUT2D eigenvalue weighted by Crippen LogP contribution is 2.12. The number of anilines is 1. The smallest absolute Gasteiger partial charge is 0.258 e. The molecule has 0 saturated carbocycles. The number of hydrogen-bond donors (Lipinski definition) is 2. The summed E-state index contributed by atoms with van der Waals surface area (Å²) < 4.78 is 0. The van der Waals surface area contributed by atoms with E-state index >= 15 is 0 Å². The van der Waals surface area contributed by atoms with E-state index in [0.29, 0.717) is 11.1 Å². The Bertz CT molecular complexity index is 675. The lowest BCUT2D eigenvalue weighted by Gasteiger charge is -2.06. The number of nitrogens with zero attached hydrogens (tertiary/aromatic N) is 3. The molecule has 2 N–H and O–H groups in total. The van der Waals surface area contributed by atoms with Crippen molar-refractivity contribution in [1.29, 1.82) is 0 Å². The van der Waals surface area contributed by atoms with Crippen LogP contribution in [-0.4, -0.2) is 32.8 Å². The molecule has 0 aliphatic carbocycles. The molecule has 0 spiro atoms. The first kappa shape index (κ1) is 13.6. The summed E-state index contributed by atoms with van der Waals surface area (Å²) in [7, 11) is 0. The summed E-state index contributed by atoms with van der Waals surface area (Å²) in [5.74, 6) is 5.11. The highest BCUT2D eigenvalue weighted by Gasteiger charge is 2.11. The predicted octanol–water partition coefficient (Wildman–Crippen LogP) is 0.776. The molecule has 1 aromatic carbocycles. The summed E-state index contributed by atoms with van der Waals surface area (Å²) >= 11 is 0. The second kappa shape index (κ2) is 6.41. The molecule has 0 aliphatic heterocycles. The molecule has 2 rings (SSSR count). The van der Waals surface area contributed by atoms with Crippen LogP contribution in [0.1, 0.15) is 21.5 Å². The molecular weight excluding hydrogens is 256 g/mol. The first-order valence-electron chi connectivity index (χ1n) is 5.86. The van der Waals surface area contributed by atoms with E-state index in [-0.39, 0.29) is 18.5 Å². The van der Waals surface area contributed by atoms with E-state index < -0.39 is 0 Å². The molecule has 0 bridgehead atoms. The van der Waals surface area contributed by atoms with Crippen molar-refractivity contribution in [3.8, 4) is 11.8 Å². The number of hydrogen-bond acceptors (Lipinski definition) is 5. The molecule has 0 fully saturated rings. The average Bonchev–Trinajstić information content (AvgIpc) is 2.47. The van der Waals surface area contributed by atoms with Crippen molar-refractivity contribution in [3.05, 3.63) is 47.3 Å². The topological polar surface area (TPSA) is 88.0 Å². The first-order chi connectivity index (χ1) is 9.70. The minimum atomic E-state index is -0.330. The molecule has 0 unspecified atom stereocenters. The van der Waals surface area contributed by atoms with Crippen molar-refractivity contribution >= 4 is 11.9 Å². The van der Waals surface area contributed by atoms with E-state index in [1.165, 1.54) is 12.4 Å². The minimum Gasteiger partial charge on any atom is -0.384 e. The Morgan fingerprint density at radius 2 is 2.25 bits per heavy atom.